The molecule has 4 N–H and O–H groups in total. The SMILES string of the molecule is O=C(CCC(=O)Oc1ccc(O)c(O)c1)Oc1ccc(O)c(O)c1. The lowest BCUT2D eigenvalue weighted by Crippen LogP contribution is -2.14. The van der Waals surface area contributed by atoms with Crippen molar-refractivity contribution < 1.29 is 39.5 Å². The van der Waals surface area contributed by atoms with Crippen molar-refractivity contribution in [3.8, 4) is 34.5 Å². The van der Waals surface area contributed by atoms with Gasteiger partial charge in [0.25, 0.3) is 0 Å². The minimum atomic E-state index is -0.731. The van der Waals surface area contributed by atoms with Crippen LogP contribution in [-0.2, 0) is 9.59 Å². The summed E-state index contributed by atoms with van der Waals surface area (Å²) in [5.74, 6) is -3.00. The molecule has 126 valence electrons. The van der Waals surface area contributed by atoms with Gasteiger partial charge in [0.05, 0.1) is 12.8 Å². The Morgan fingerprint density at radius 1 is 0.667 bits per heavy atom. The van der Waals surface area contributed by atoms with Gasteiger partial charge in [-0.1, -0.05) is 0 Å². The Labute approximate surface area is 136 Å². The minimum Gasteiger partial charge on any atom is -0.504 e. The Hall–Kier alpha value is -3.42. The van der Waals surface area contributed by atoms with Crippen LogP contribution in [0.25, 0.3) is 0 Å². The van der Waals surface area contributed by atoms with Crippen LogP contribution >= 0.6 is 0 Å². The summed E-state index contributed by atoms with van der Waals surface area (Å²) >= 11 is 0. The third kappa shape index (κ3) is 4.54. The summed E-state index contributed by atoms with van der Waals surface area (Å²) in [4.78, 5) is 23.2. The number of hydrogen-bond donors (Lipinski definition) is 4. The summed E-state index contributed by atoms with van der Waals surface area (Å²) in [7, 11) is 0. The number of rotatable bonds is 5. The molecule has 2 aromatic rings. The molecule has 0 heterocycles. The molecule has 0 atom stereocenters. The molecule has 0 saturated heterocycles. The second kappa shape index (κ2) is 7.23. The fourth-order valence-corrected chi connectivity index (χ4v) is 1.70. The molecule has 0 fully saturated rings. The quantitative estimate of drug-likeness (QED) is 0.369. The number of esters is 2. The number of phenolic OH excluding ortho intramolecular Hbond substituents is 4. The normalized spacial score (nSPS) is 10.2. The van der Waals surface area contributed by atoms with Gasteiger partial charge in [-0.05, 0) is 24.3 Å². The lowest BCUT2D eigenvalue weighted by atomic mass is 10.3. The molecular weight excluding hydrogens is 320 g/mol. The molecule has 2 aromatic carbocycles. The molecule has 0 radical (unpaired) electrons. The van der Waals surface area contributed by atoms with Crippen molar-refractivity contribution in [3.05, 3.63) is 36.4 Å². The molecule has 0 spiro atoms. The second-order valence-corrected chi connectivity index (χ2v) is 4.75. The molecule has 0 amide bonds. The summed E-state index contributed by atoms with van der Waals surface area (Å²) in [6, 6.07) is 7.00. The molecule has 0 aromatic heterocycles. The third-order valence-electron chi connectivity index (χ3n) is 2.89. The van der Waals surface area contributed by atoms with Gasteiger partial charge >= 0.3 is 11.9 Å². The maximum absolute atomic E-state index is 11.6. The van der Waals surface area contributed by atoms with E-state index in [1.165, 1.54) is 12.1 Å². The number of carbonyl (C=O) groups is 2. The van der Waals surface area contributed by atoms with Gasteiger partial charge in [0.15, 0.2) is 23.0 Å². The van der Waals surface area contributed by atoms with E-state index in [-0.39, 0.29) is 35.8 Å². The first kappa shape index (κ1) is 16.9. The average Bonchev–Trinajstić information content (AvgIpc) is 2.53. The molecular formula is C16H14O8. The Bertz CT molecular complexity index is 703. The molecule has 8 heteroatoms. The zero-order chi connectivity index (χ0) is 17.7. The van der Waals surface area contributed by atoms with Crippen molar-refractivity contribution in [1.29, 1.82) is 0 Å². The van der Waals surface area contributed by atoms with Gasteiger partial charge in [-0.15, -0.1) is 0 Å². The van der Waals surface area contributed by atoms with Crippen molar-refractivity contribution in [2.24, 2.45) is 0 Å². The molecule has 0 aliphatic carbocycles. The van der Waals surface area contributed by atoms with Gasteiger partial charge in [-0.2, -0.15) is 0 Å². The second-order valence-electron chi connectivity index (χ2n) is 4.75. The Kier molecular flexibility index (Phi) is 5.10. The number of phenols is 4. The van der Waals surface area contributed by atoms with Crippen LogP contribution in [-0.4, -0.2) is 32.4 Å². The van der Waals surface area contributed by atoms with E-state index in [4.69, 9.17) is 19.7 Å². The van der Waals surface area contributed by atoms with E-state index in [9.17, 15) is 19.8 Å². The van der Waals surface area contributed by atoms with Crippen LogP contribution in [0.3, 0.4) is 0 Å². The number of ether oxygens (including phenoxy) is 2. The highest BCUT2D eigenvalue weighted by Gasteiger charge is 2.13. The van der Waals surface area contributed by atoms with Crippen molar-refractivity contribution >= 4 is 11.9 Å². The zero-order valence-corrected chi connectivity index (χ0v) is 12.3. The maximum Gasteiger partial charge on any atom is 0.311 e. The van der Waals surface area contributed by atoms with Crippen molar-refractivity contribution in [3.63, 3.8) is 0 Å². The van der Waals surface area contributed by atoms with Gasteiger partial charge in [0.2, 0.25) is 0 Å². The number of hydrogen-bond acceptors (Lipinski definition) is 8. The van der Waals surface area contributed by atoms with Gasteiger partial charge in [0, 0.05) is 12.1 Å². The van der Waals surface area contributed by atoms with Crippen LogP contribution < -0.4 is 9.47 Å². The summed E-state index contributed by atoms with van der Waals surface area (Å²) in [6.45, 7) is 0. The topological polar surface area (TPSA) is 134 Å². The zero-order valence-electron chi connectivity index (χ0n) is 12.3. The highest BCUT2D eigenvalue weighted by atomic mass is 16.5. The third-order valence-corrected chi connectivity index (χ3v) is 2.89. The van der Waals surface area contributed by atoms with Crippen molar-refractivity contribution in [1.82, 2.24) is 0 Å². The first-order valence-electron chi connectivity index (χ1n) is 6.80. The number of benzene rings is 2. The van der Waals surface area contributed by atoms with Gasteiger partial charge in [-0.3, -0.25) is 9.59 Å². The van der Waals surface area contributed by atoms with Gasteiger partial charge < -0.3 is 29.9 Å². The fourth-order valence-electron chi connectivity index (χ4n) is 1.70. The van der Waals surface area contributed by atoms with E-state index in [0.29, 0.717) is 0 Å². The Morgan fingerprint density at radius 3 is 1.38 bits per heavy atom. The van der Waals surface area contributed by atoms with E-state index in [0.717, 1.165) is 24.3 Å². The van der Waals surface area contributed by atoms with E-state index in [1.807, 2.05) is 0 Å². The Morgan fingerprint density at radius 2 is 1.04 bits per heavy atom. The average molecular weight is 334 g/mol. The molecule has 2 rings (SSSR count). The molecule has 0 unspecified atom stereocenters. The summed E-state index contributed by atoms with van der Waals surface area (Å²) in [6.07, 6.45) is -0.547. The summed E-state index contributed by atoms with van der Waals surface area (Å²) < 4.78 is 9.79. The van der Waals surface area contributed by atoms with Crippen molar-refractivity contribution in [2.45, 2.75) is 12.8 Å². The number of aromatic hydroxyl groups is 4. The fraction of sp³-hybridized carbons (Fsp3) is 0.125. The van der Waals surface area contributed by atoms with Gasteiger partial charge in [0.1, 0.15) is 11.5 Å². The lowest BCUT2D eigenvalue weighted by Gasteiger charge is -2.07. The van der Waals surface area contributed by atoms with Crippen LogP contribution in [0.5, 0.6) is 34.5 Å². The van der Waals surface area contributed by atoms with Crippen LogP contribution in [0, 0.1) is 0 Å². The first-order chi connectivity index (χ1) is 11.3. The van der Waals surface area contributed by atoms with E-state index in [1.54, 1.807) is 0 Å². The lowest BCUT2D eigenvalue weighted by molar-refractivity contribution is -0.140. The number of carbonyl (C=O) groups excluding carboxylic acids is 2. The van der Waals surface area contributed by atoms with Crippen LogP contribution in [0.1, 0.15) is 12.8 Å². The van der Waals surface area contributed by atoms with Crippen LogP contribution in [0.4, 0.5) is 0 Å². The first-order valence-corrected chi connectivity index (χ1v) is 6.80. The highest BCUT2D eigenvalue weighted by molar-refractivity contribution is 5.80. The van der Waals surface area contributed by atoms with Gasteiger partial charge in [-0.25, -0.2) is 0 Å². The molecule has 0 saturated carbocycles. The monoisotopic (exact) mass is 334 g/mol. The predicted molar refractivity (Wildman–Crippen MR) is 80.0 cm³/mol. The molecule has 0 aliphatic heterocycles. The van der Waals surface area contributed by atoms with Crippen LogP contribution in [0.15, 0.2) is 36.4 Å². The predicted octanol–water partition coefficient (Wildman–Crippen LogP) is 1.80. The molecule has 8 nitrogen and oxygen atoms in total. The maximum atomic E-state index is 11.6. The Balaban J connectivity index is 1.83. The summed E-state index contributed by atoms with van der Waals surface area (Å²) in [5.41, 5.74) is 0. The van der Waals surface area contributed by atoms with E-state index >= 15 is 0 Å². The standard InChI is InChI=1S/C16H14O8/c17-11-3-1-9(7-13(11)19)23-15(21)5-6-16(22)24-10-2-4-12(18)14(20)8-10/h1-4,7-8,17-20H,5-6H2. The molecule has 0 aliphatic rings. The van der Waals surface area contributed by atoms with Crippen LogP contribution in [0.2, 0.25) is 0 Å². The van der Waals surface area contributed by atoms with E-state index < -0.39 is 23.4 Å². The van der Waals surface area contributed by atoms with Crippen molar-refractivity contribution in [2.75, 3.05) is 0 Å². The van der Waals surface area contributed by atoms with E-state index in [2.05, 4.69) is 0 Å². The molecule has 0 bridgehead atoms. The summed E-state index contributed by atoms with van der Waals surface area (Å²) in [5, 5.41) is 36.9. The highest BCUT2D eigenvalue weighted by Crippen LogP contribution is 2.29. The minimum absolute atomic E-state index is 0.0205. The largest absolute Gasteiger partial charge is 0.504 e. The smallest absolute Gasteiger partial charge is 0.311 e. The molecule has 24 heavy (non-hydrogen) atoms.